The summed E-state index contributed by atoms with van der Waals surface area (Å²) in [6.45, 7) is 1.68. The van der Waals surface area contributed by atoms with Gasteiger partial charge >= 0.3 is 29.6 Å². The Morgan fingerprint density at radius 2 is 2.30 bits per heavy atom. The van der Waals surface area contributed by atoms with Crippen molar-refractivity contribution < 1.29 is 39.5 Å². The largest absolute Gasteiger partial charge is 1.00 e. The fourth-order valence-corrected chi connectivity index (χ4v) is 0.399. The quantitative estimate of drug-likeness (QED) is 0.394. The number of carbonyl (C=O) groups is 1. The molecule has 0 aliphatic rings. The Morgan fingerprint density at radius 3 is 2.60 bits per heavy atom. The van der Waals surface area contributed by atoms with E-state index in [4.69, 9.17) is 5.26 Å². The maximum atomic E-state index is 9.80. The molecule has 0 saturated carbocycles. The number of hydrogen-bond acceptors (Lipinski definition) is 3. The van der Waals surface area contributed by atoms with Crippen LogP contribution in [0.5, 0.6) is 0 Å². The van der Waals surface area contributed by atoms with Crippen molar-refractivity contribution in [1.82, 2.24) is 0 Å². The maximum Gasteiger partial charge on any atom is 1.00 e. The number of hydrogen-bond donors (Lipinski definition) is 0. The molecule has 0 spiro atoms. The third-order valence-electron chi connectivity index (χ3n) is 1.00. The second kappa shape index (κ2) is 7.07. The molecular weight excluding hydrogens is 141 g/mol. The van der Waals surface area contributed by atoms with E-state index in [-0.39, 0.29) is 41.9 Å². The van der Waals surface area contributed by atoms with Crippen LogP contribution in [0.3, 0.4) is 0 Å². The second-order valence-electron chi connectivity index (χ2n) is 1.94. The van der Waals surface area contributed by atoms with Crippen molar-refractivity contribution in [1.29, 1.82) is 5.26 Å². The van der Waals surface area contributed by atoms with Crippen LogP contribution in [0.25, 0.3) is 0 Å². The number of nitriles is 1. The van der Waals surface area contributed by atoms with Crippen molar-refractivity contribution in [3.63, 3.8) is 0 Å². The van der Waals surface area contributed by atoms with Crippen LogP contribution in [-0.4, -0.2) is 5.97 Å². The van der Waals surface area contributed by atoms with Crippen molar-refractivity contribution in [2.75, 3.05) is 0 Å². The number of aliphatic carboxylic acids is 1. The third-order valence-corrected chi connectivity index (χ3v) is 1.00. The number of carboxylic acid groups (broad SMARTS) is 1. The van der Waals surface area contributed by atoms with Gasteiger partial charge in [-0.25, -0.2) is 0 Å². The van der Waals surface area contributed by atoms with Crippen LogP contribution in [0.2, 0.25) is 0 Å². The molecule has 0 bridgehead atoms. The molecule has 0 fully saturated rings. The molecule has 4 heteroatoms. The third kappa shape index (κ3) is 7.96. The van der Waals surface area contributed by atoms with Gasteiger partial charge in [0.1, 0.15) is 0 Å². The Hall–Kier alpha value is -0.0400. The van der Waals surface area contributed by atoms with Crippen molar-refractivity contribution in [2.24, 2.45) is 5.92 Å². The molecule has 0 aliphatic heterocycles. The van der Waals surface area contributed by atoms with Crippen LogP contribution >= 0.6 is 0 Å². The first-order valence-corrected chi connectivity index (χ1v) is 2.76. The summed E-state index contributed by atoms with van der Waals surface area (Å²) in [5.41, 5.74) is 0. The number of carboxylic acids is 1. The summed E-state index contributed by atoms with van der Waals surface area (Å²) in [5, 5.41) is 18.0. The summed E-state index contributed by atoms with van der Waals surface area (Å²) in [6.07, 6.45) is 0.369. The molecular formula is C6H8NNaO2. The minimum Gasteiger partial charge on any atom is -0.550 e. The molecule has 0 radical (unpaired) electrons. The van der Waals surface area contributed by atoms with Gasteiger partial charge in [0.2, 0.25) is 0 Å². The first kappa shape index (κ1) is 12.6. The predicted octanol–water partition coefficient (Wildman–Crippen LogP) is -3.32. The van der Waals surface area contributed by atoms with E-state index < -0.39 is 5.97 Å². The average molecular weight is 149 g/mol. The second-order valence-corrected chi connectivity index (χ2v) is 1.94. The first-order valence-electron chi connectivity index (χ1n) is 2.76. The van der Waals surface area contributed by atoms with Crippen LogP contribution in [0, 0.1) is 17.2 Å². The fourth-order valence-electron chi connectivity index (χ4n) is 0.399. The van der Waals surface area contributed by atoms with E-state index in [0.29, 0.717) is 6.42 Å². The van der Waals surface area contributed by atoms with Crippen molar-refractivity contribution in [3.8, 4) is 6.07 Å². The Kier molecular flexibility index (Phi) is 8.92. The van der Waals surface area contributed by atoms with Gasteiger partial charge in [0.05, 0.1) is 6.07 Å². The van der Waals surface area contributed by atoms with Gasteiger partial charge in [0.15, 0.2) is 0 Å². The number of rotatable bonds is 3. The Bertz CT molecular complexity index is 141. The molecule has 0 saturated heterocycles. The van der Waals surface area contributed by atoms with E-state index >= 15 is 0 Å². The molecule has 0 aromatic rings. The molecule has 1 unspecified atom stereocenters. The smallest absolute Gasteiger partial charge is 0.550 e. The standard InChI is InChI=1S/C6H9NO2.Na/c1-5(4-7)2-3-6(8)9;/h5H,2-3H2,1H3,(H,8,9);/q;+1/p-1. The molecule has 0 heterocycles. The Labute approximate surface area is 82.3 Å². The summed E-state index contributed by atoms with van der Waals surface area (Å²) in [6, 6.07) is 1.93. The van der Waals surface area contributed by atoms with Crippen LogP contribution in [-0.2, 0) is 4.79 Å². The zero-order chi connectivity index (χ0) is 7.28. The molecule has 0 aromatic heterocycles. The molecule has 0 N–H and O–H groups in total. The van der Waals surface area contributed by atoms with E-state index in [9.17, 15) is 9.90 Å². The van der Waals surface area contributed by atoms with E-state index in [1.54, 1.807) is 6.92 Å². The van der Waals surface area contributed by atoms with Gasteiger partial charge in [-0.3, -0.25) is 0 Å². The summed E-state index contributed by atoms with van der Waals surface area (Å²) < 4.78 is 0. The monoisotopic (exact) mass is 149 g/mol. The average Bonchev–Trinajstić information content (AvgIpc) is 1.83. The van der Waals surface area contributed by atoms with Gasteiger partial charge in [-0.2, -0.15) is 5.26 Å². The zero-order valence-electron chi connectivity index (χ0n) is 6.26. The zero-order valence-corrected chi connectivity index (χ0v) is 8.26. The number of carbonyl (C=O) groups excluding carboxylic acids is 1. The van der Waals surface area contributed by atoms with Crippen LogP contribution in [0.4, 0.5) is 0 Å². The normalized spacial score (nSPS) is 10.8. The molecule has 0 aromatic carbocycles. The SMILES string of the molecule is CC(C#N)CCC(=O)[O-].[Na+]. The van der Waals surface area contributed by atoms with Crippen LogP contribution < -0.4 is 34.7 Å². The van der Waals surface area contributed by atoms with Crippen molar-refractivity contribution in [2.45, 2.75) is 19.8 Å². The van der Waals surface area contributed by atoms with E-state index in [1.807, 2.05) is 6.07 Å². The van der Waals surface area contributed by atoms with E-state index in [2.05, 4.69) is 0 Å². The van der Waals surface area contributed by atoms with Crippen LogP contribution in [0.15, 0.2) is 0 Å². The minimum atomic E-state index is -1.09. The van der Waals surface area contributed by atoms with Crippen molar-refractivity contribution >= 4 is 5.97 Å². The van der Waals surface area contributed by atoms with E-state index in [0.717, 1.165) is 0 Å². The molecule has 3 nitrogen and oxygen atoms in total. The number of nitrogens with zero attached hydrogens (tertiary/aromatic N) is 1. The Morgan fingerprint density at radius 1 is 1.80 bits per heavy atom. The van der Waals surface area contributed by atoms with Gasteiger partial charge in [-0.05, 0) is 19.8 Å². The molecule has 0 amide bonds. The maximum absolute atomic E-state index is 9.80. The summed E-state index contributed by atoms with van der Waals surface area (Å²) >= 11 is 0. The molecule has 0 aliphatic carbocycles. The minimum absolute atomic E-state index is 0. The molecule has 10 heavy (non-hydrogen) atoms. The van der Waals surface area contributed by atoms with Gasteiger partial charge in [0.25, 0.3) is 0 Å². The Balaban J connectivity index is 0. The van der Waals surface area contributed by atoms with Gasteiger partial charge < -0.3 is 9.90 Å². The summed E-state index contributed by atoms with van der Waals surface area (Å²) in [5.74, 6) is -1.26. The summed E-state index contributed by atoms with van der Waals surface area (Å²) in [4.78, 5) is 9.80. The predicted molar refractivity (Wildman–Crippen MR) is 29.0 cm³/mol. The van der Waals surface area contributed by atoms with Crippen molar-refractivity contribution in [3.05, 3.63) is 0 Å². The fraction of sp³-hybridized carbons (Fsp3) is 0.667. The van der Waals surface area contributed by atoms with E-state index in [1.165, 1.54) is 0 Å². The molecule has 50 valence electrons. The van der Waals surface area contributed by atoms with Gasteiger partial charge in [-0.1, -0.05) is 0 Å². The first-order chi connectivity index (χ1) is 4.16. The molecule has 1 atom stereocenters. The molecule has 0 rings (SSSR count). The topological polar surface area (TPSA) is 63.9 Å². The summed E-state index contributed by atoms with van der Waals surface area (Å²) in [7, 11) is 0. The van der Waals surface area contributed by atoms with Gasteiger partial charge in [0, 0.05) is 11.9 Å². The van der Waals surface area contributed by atoms with Gasteiger partial charge in [-0.15, -0.1) is 0 Å². The van der Waals surface area contributed by atoms with Crippen LogP contribution in [0.1, 0.15) is 19.8 Å².